The topological polar surface area (TPSA) is 113 Å². The second-order valence-corrected chi connectivity index (χ2v) is 8.73. The minimum absolute atomic E-state index is 0.287. The monoisotopic (exact) mass is 490 g/mol. The van der Waals surface area contributed by atoms with E-state index in [9.17, 15) is 14.3 Å². The molecule has 0 radical (unpaired) electrons. The molecule has 3 heterocycles. The molecule has 0 amide bonds. The third-order valence-corrected chi connectivity index (χ3v) is 6.57. The lowest BCUT2D eigenvalue weighted by Gasteiger charge is -2.15. The Morgan fingerprint density at radius 1 is 1.22 bits per heavy atom. The van der Waals surface area contributed by atoms with Gasteiger partial charge in [-0.1, -0.05) is 24.3 Å². The van der Waals surface area contributed by atoms with E-state index in [1.54, 1.807) is 13.2 Å². The zero-order chi connectivity index (χ0) is 25.2. The third-order valence-electron chi connectivity index (χ3n) is 6.57. The molecule has 1 aliphatic rings. The van der Waals surface area contributed by atoms with Crippen molar-refractivity contribution in [3.63, 3.8) is 0 Å². The first-order valence-electron chi connectivity index (χ1n) is 11.7. The summed E-state index contributed by atoms with van der Waals surface area (Å²) in [6.07, 6.45) is 1.50. The van der Waals surface area contributed by atoms with E-state index in [0.29, 0.717) is 36.7 Å². The second-order valence-electron chi connectivity index (χ2n) is 8.73. The van der Waals surface area contributed by atoms with Crippen LogP contribution in [0.15, 0.2) is 54.9 Å². The molecule has 10 heteroatoms. The molecular formula is C26H27FN6O3. The summed E-state index contributed by atoms with van der Waals surface area (Å²) in [6.45, 7) is 3.40. The van der Waals surface area contributed by atoms with Crippen molar-refractivity contribution >= 4 is 22.7 Å². The Hall–Kier alpha value is -4.02. The number of aromatic nitrogens is 3. The van der Waals surface area contributed by atoms with Gasteiger partial charge in [-0.3, -0.25) is 10.2 Å². The molecule has 4 aromatic rings. The fourth-order valence-electron chi connectivity index (χ4n) is 4.72. The van der Waals surface area contributed by atoms with Crippen LogP contribution in [0.25, 0.3) is 22.2 Å². The van der Waals surface area contributed by atoms with E-state index in [1.165, 1.54) is 12.4 Å². The number of rotatable bonds is 8. The maximum Gasteiger partial charge on any atom is 0.309 e. The molecule has 1 aliphatic heterocycles. The lowest BCUT2D eigenvalue weighted by Crippen LogP contribution is -2.26. The Morgan fingerprint density at radius 3 is 2.78 bits per heavy atom. The van der Waals surface area contributed by atoms with Gasteiger partial charge >= 0.3 is 5.97 Å². The zero-order valence-corrected chi connectivity index (χ0v) is 20.0. The lowest BCUT2D eigenvalue weighted by molar-refractivity contribution is -0.141. The van der Waals surface area contributed by atoms with Gasteiger partial charge in [0.2, 0.25) is 0 Å². The maximum absolute atomic E-state index is 14.6. The van der Waals surface area contributed by atoms with Crippen molar-refractivity contribution in [2.45, 2.75) is 19.5 Å². The average Bonchev–Trinajstić information content (AvgIpc) is 3.50. The number of carboxylic acid groups (broad SMARTS) is 1. The molecule has 2 unspecified atom stereocenters. The van der Waals surface area contributed by atoms with E-state index in [0.717, 1.165) is 27.9 Å². The van der Waals surface area contributed by atoms with Gasteiger partial charge in [0.15, 0.2) is 0 Å². The van der Waals surface area contributed by atoms with Gasteiger partial charge in [0.25, 0.3) is 0 Å². The number of anilines is 1. The Balaban J connectivity index is 1.28. The molecule has 0 spiro atoms. The van der Waals surface area contributed by atoms with Crippen LogP contribution < -0.4 is 20.9 Å². The standard InChI is InChI=1S/C26H27FN6O3/c1-15-11-18-22(36-2)8-7-20(27)25(18)33(15)10-9-28-23-12-21(29-14-30-23)16-3-5-17(6-4-16)24-19(26(34)35)13-31-32-24/h3-8,11-12,14,19,24,31-32H,9-10,13H2,1-2H3,(H,34,35)(H,28,29,30). The van der Waals surface area contributed by atoms with E-state index in [4.69, 9.17) is 4.74 Å². The SMILES string of the molecule is COc1ccc(F)c2c1cc(C)n2CCNc1cc(-c2ccc(C3NNCC3C(=O)O)cc2)ncn1. The number of hydrogen-bond donors (Lipinski definition) is 4. The third kappa shape index (κ3) is 4.48. The Morgan fingerprint density at radius 2 is 2.03 bits per heavy atom. The Kier molecular flexibility index (Phi) is 6.53. The summed E-state index contributed by atoms with van der Waals surface area (Å²) in [4.78, 5) is 20.2. The summed E-state index contributed by atoms with van der Waals surface area (Å²) in [7, 11) is 1.58. The number of methoxy groups -OCH3 is 1. The number of fused-ring (bicyclic) bond motifs is 1. The van der Waals surface area contributed by atoms with Crippen molar-refractivity contribution in [1.82, 2.24) is 25.4 Å². The number of benzene rings is 2. The molecule has 2 aromatic carbocycles. The minimum atomic E-state index is -0.835. The van der Waals surface area contributed by atoms with E-state index in [2.05, 4.69) is 26.1 Å². The van der Waals surface area contributed by atoms with E-state index in [-0.39, 0.29) is 11.9 Å². The molecule has 36 heavy (non-hydrogen) atoms. The van der Waals surface area contributed by atoms with Crippen molar-refractivity contribution in [2.75, 3.05) is 25.5 Å². The van der Waals surface area contributed by atoms with E-state index >= 15 is 0 Å². The number of aryl methyl sites for hydroxylation is 1. The van der Waals surface area contributed by atoms with Crippen LogP contribution in [0, 0.1) is 18.7 Å². The fraction of sp³-hybridized carbons (Fsp3) is 0.269. The normalized spacial score (nSPS) is 17.4. The number of nitrogens with zero attached hydrogens (tertiary/aromatic N) is 3. The van der Waals surface area contributed by atoms with Gasteiger partial charge in [0, 0.05) is 42.3 Å². The number of carbonyl (C=O) groups is 1. The average molecular weight is 491 g/mol. The first-order valence-corrected chi connectivity index (χ1v) is 11.7. The van der Waals surface area contributed by atoms with Gasteiger partial charge < -0.3 is 19.7 Å². The number of hydrogen-bond acceptors (Lipinski definition) is 7. The molecule has 9 nitrogen and oxygen atoms in total. The highest BCUT2D eigenvalue weighted by Gasteiger charge is 2.33. The summed E-state index contributed by atoms with van der Waals surface area (Å²) in [5.74, 6) is -0.348. The highest BCUT2D eigenvalue weighted by Crippen LogP contribution is 2.31. The summed E-state index contributed by atoms with van der Waals surface area (Å²) in [5, 5.41) is 13.5. The summed E-state index contributed by atoms with van der Waals surface area (Å²) in [6, 6.07) is 14.2. The highest BCUT2D eigenvalue weighted by molar-refractivity contribution is 5.88. The number of halogens is 1. The van der Waals surface area contributed by atoms with Crippen molar-refractivity contribution in [2.24, 2.45) is 5.92 Å². The van der Waals surface area contributed by atoms with Gasteiger partial charge in [0.05, 0.1) is 30.3 Å². The smallest absolute Gasteiger partial charge is 0.309 e. The molecule has 5 rings (SSSR count). The van der Waals surface area contributed by atoms with Gasteiger partial charge in [0.1, 0.15) is 23.7 Å². The van der Waals surface area contributed by atoms with Crippen molar-refractivity contribution in [1.29, 1.82) is 0 Å². The van der Waals surface area contributed by atoms with Crippen LogP contribution in [0.5, 0.6) is 5.75 Å². The molecule has 186 valence electrons. The van der Waals surface area contributed by atoms with Gasteiger partial charge in [-0.15, -0.1) is 0 Å². The van der Waals surface area contributed by atoms with Crippen molar-refractivity contribution < 1.29 is 19.0 Å². The van der Waals surface area contributed by atoms with Crippen LogP contribution in [-0.4, -0.2) is 45.8 Å². The summed E-state index contributed by atoms with van der Waals surface area (Å²) < 4.78 is 21.9. The van der Waals surface area contributed by atoms with Crippen LogP contribution in [0.2, 0.25) is 0 Å². The largest absolute Gasteiger partial charge is 0.496 e. The van der Waals surface area contributed by atoms with Crippen molar-refractivity contribution in [3.8, 4) is 17.0 Å². The minimum Gasteiger partial charge on any atom is -0.496 e. The van der Waals surface area contributed by atoms with Crippen LogP contribution in [0.4, 0.5) is 10.2 Å². The maximum atomic E-state index is 14.6. The molecule has 0 saturated carbocycles. The molecule has 0 bridgehead atoms. The number of nitrogens with one attached hydrogen (secondary N) is 3. The summed E-state index contributed by atoms with van der Waals surface area (Å²) >= 11 is 0. The quantitative estimate of drug-likeness (QED) is 0.297. The van der Waals surface area contributed by atoms with Gasteiger partial charge in [-0.2, -0.15) is 0 Å². The molecule has 2 atom stereocenters. The number of hydrazine groups is 1. The van der Waals surface area contributed by atoms with Crippen LogP contribution in [0.1, 0.15) is 17.3 Å². The van der Waals surface area contributed by atoms with Gasteiger partial charge in [-0.05, 0) is 30.7 Å². The number of aliphatic carboxylic acids is 1. The molecule has 1 fully saturated rings. The van der Waals surface area contributed by atoms with Crippen LogP contribution >= 0.6 is 0 Å². The fourth-order valence-corrected chi connectivity index (χ4v) is 4.72. The van der Waals surface area contributed by atoms with Crippen LogP contribution in [0.3, 0.4) is 0 Å². The second kappa shape index (κ2) is 9.92. The highest BCUT2D eigenvalue weighted by atomic mass is 19.1. The molecule has 0 aliphatic carbocycles. The first kappa shape index (κ1) is 23.7. The molecular weight excluding hydrogens is 463 g/mol. The predicted molar refractivity (Wildman–Crippen MR) is 134 cm³/mol. The van der Waals surface area contributed by atoms with Crippen molar-refractivity contribution in [3.05, 3.63) is 71.9 Å². The summed E-state index contributed by atoms with van der Waals surface area (Å²) in [5.41, 5.74) is 9.94. The Bertz CT molecular complexity index is 1410. The van der Waals surface area contributed by atoms with E-state index < -0.39 is 11.9 Å². The molecule has 1 saturated heterocycles. The predicted octanol–water partition coefficient (Wildman–Crippen LogP) is 3.52. The Labute approximate surface area is 207 Å². The van der Waals surface area contributed by atoms with Crippen LogP contribution in [-0.2, 0) is 11.3 Å². The van der Waals surface area contributed by atoms with E-state index in [1.807, 2.05) is 47.9 Å². The first-order chi connectivity index (χ1) is 17.5. The number of carboxylic acids is 1. The number of ether oxygens (including phenoxy) is 1. The molecule has 4 N–H and O–H groups in total. The zero-order valence-electron chi connectivity index (χ0n) is 20.0. The lowest BCUT2D eigenvalue weighted by atomic mass is 9.94. The van der Waals surface area contributed by atoms with Gasteiger partial charge in [-0.25, -0.2) is 19.8 Å². The molecule has 2 aromatic heterocycles.